The van der Waals surface area contributed by atoms with Gasteiger partial charge in [-0.2, -0.15) is 0 Å². The smallest absolute Gasteiger partial charge is 0.289 e. The summed E-state index contributed by atoms with van der Waals surface area (Å²) in [4.78, 5) is 31.6. The zero-order valence-corrected chi connectivity index (χ0v) is 6.22. The summed E-state index contributed by atoms with van der Waals surface area (Å²) in [5, 5.41) is 1.83. The molecule has 0 aliphatic carbocycles. The van der Waals surface area contributed by atoms with Crippen molar-refractivity contribution in [3.8, 4) is 0 Å². The summed E-state index contributed by atoms with van der Waals surface area (Å²) in [5.41, 5.74) is 0. The molecule has 2 amide bonds. The molecule has 0 radical (unpaired) electrons. The number of amides is 2. The lowest BCUT2D eigenvalue weighted by molar-refractivity contribution is -0.140. The maximum Gasteiger partial charge on any atom is 0.294 e. The van der Waals surface area contributed by atoms with E-state index in [-0.39, 0.29) is 6.42 Å². The van der Waals surface area contributed by atoms with Crippen LogP contribution < -0.4 is 5.32 Å². The van der Waals surface area contributed by atoms with Crippen molar-refractivity contribution in [3.63, 3.8) is 0 Å². The van der Waals surface area contributed by atoms with E-state index in [1.165, 1.54) is 0 Å². The molecule has 0 aliphatic rings. The first kappa shape index (κ1) is 9.55. The molecular formula is C7H9NO3. The monoisotopic (exact) mass is 155 g/mol. The highest BCUT2D eigenvalue weighted by Crippen LogP contribution is 1.80. The van der Waals surface area contributed by atoms with Gasteiger partial charge in [-0.1, -0.05) is 13.5 Å². The highest BCUT2D eigenvalue weighted by Gasteiger charge is 2.11. The molecule has 0 rings (SSSR count). The van der Waals surface area contributed by atoms with E-state index in [9.17, 15) is 14.4 Å². The maximum absolute atomic E-state index is 10.6. The third kappa shape index (κ3) is 3.30. The quantitative estimate of drug-likeness (QED) is 0.453. The molecule has 0 atom stereocenters. The van der Waals surface area contributed by atoms with Gasteiger partial charge in [0.05, 0.1) is 0 Å². The van der Waals surface area contributed by atoms with Gasteiger partial charge in [0, 0.05) is 6.42 Å². The van der Waals surface area contributed by atoms with E-state index >= 15 is 0 Å². The molecule has 0 aromatic heterocycles. The Morgan fingerprint density at radius 2 is 2.00 bits per heavy atom. The summed E-state index contributed by atoms with van der Waals surface area (Å²) >= 11 is 0. The van der Waals surface area contributed by atoms with Gasteiger partial charge in [-0.3, -0.25) is 19.7 Å². The average Bonchev–Trinajstić information content (AvgIpc) is 2.02. The number of hydrogen-bond donors (Lipinski definition) is 1. The summed E-state index contributed by atoms with van der Waals surface area (Å²) in [5.74, 6) is -2.14. The van der Waals surface area contributed by atoms with Crippen LogP contribution in [0.15, 0.2) is 12.7 Å². The van der Waals surface area contributed by atoms with E-state index in [1.54, 1.807) is 6.92 Å². The zero-order valence-electron chi connectivity index (χ0n) is 6.22. The summed E-state index contributed by atoms with van der Waals surface area (Å²) in [6.45, 7) is 4.67. The molecule has 4 nitrogen and oxygen atoms in total. The van der Waals surface area contributed by atoms with Gasteiger partial charge >= 0.3 is 0 Å². The average molecular weight is 155 g/mol. The van der Waals surface area contributed by atoms with Crippen molar-refractivity contribution in [2.24, 2.45) is 0 Å². The lowest BCUT2D eigenvalue weighted by Gasteiger charge is -1.95. The molecule has 4 heteroatoms. The Morgan fingerprint density at radius 1 is 1.45 bits per heavy atom. The number of rotatable bonds is 3. The summed E-state index contributed by atoms with van der Waals surface area (Å²) < 4.78 is 0. The molecule has 1 N–H and O–H groups in total. The standard InChI is InChI=1S/C7H9NO3/c1-3-5(9)7(11)8-6(10)4-2/h4H,2-3H2,1H3,(H,8,10,11). The van der Waals surface area contributed by atoms with Crippen LogP contribution in [-0.4, -0.2) is 17.6 Å². The summed E-state index contributed by atoms with van der Waals surface area (Å²) in [7, 11) is 0. The Kier molecular flexibility index (Phi) is 3.80. The van der Waals surface area contributed by atoms with Crippen LogP contribution in [-0.2, 0) is 14.4 Å². The second-order valence-corrected chi connectivity index (χ2v) is 1.80. The van der Waals surface area contributed by atoms with Gasteiger partial charge in [0.2, 0.25) is 11.7 Å². The Bertz CT molecular complexity index is 208. The fraction of sp³-hybridized carbons (Fsp3) is 0.286. The molecular weight excluding hydrogens is 146 g/mol. The molecule has 0 aliphatic heterocycles. The van der Waals surface area contributed by atoms with E-state index < -0.39 is 17.6 Å². The van der Waals surface area contributed by atoms with Crippen molar-refractivity contribution in [1.29, 1.82) is 0 Å². The lowest BCUT2D eigenvalue weighted by atomic mass is 10.3. The van der Waals surface area contributed by atoms with E-state index in [1.807, 2.05) is 5.32 Å². The minimum absolute atomic E-state index is 0.0935. The Labute approximate surface area is 64.3 Å². The van der Waals surface area contributed by atoms with Crippen LogP contribution in [0.25, 0.3) is 0 Å². The lowest BCUT2D eigenvalue weighted by Crippen LogP contribution is -2.34. The SMILES string of the molecule is C=CC(=O)NC(=O)C(=O)CC. The second-order valence-electron chi connectivity index (χ2n) is 1.80. The second kappa shape index (κ2) is 4.38. The Hall–Kier alpha value is -1.45. The van der Waals surface area contributed by atoms with E-state index in [0.29, 0.717) is 0 Å². The number of Topliss-reactive ketones (excluding diaryl/α,β-unsaturated/α-hetero) is 1. The van der Waals surface area contributed by atoms with Crippen molar-refractivity contribution in [1.82, 2.24) is 5.32 Å². The van der Waals surface area contributed by atoms with Crippen molar-refractivity contribution in [2.45, 2.75) is 13.3 Å². The van der Waals surface area contributed by atoms with E-state index in [0.717, 1.165) is 6.08 Å². The van der Waals surface area contributed by atoms with Crippen molar-refractivity contribution in [2.75, 3.05) is 0 Å². The summed E-state index contributed by atoms with van der Waals surface area (Å²) in [6.07, 6.45) is 1.02. The van der Waals surface area contributed by atoms with Crippen LogP contribution >= 0.6 is 0 Å². The number of imide groups is 1. The minimum atomic E-state index is -0.877. The molecule has 0 saturated carbocycles. The van der Waals surface area contributed by atoms with Crippen molar-refractivity contribution in [3.05, 3.63) is 12.7 Å². The molecule has 60 valence electrons. The van der Waals surface area contributed by atoms with Gasteiger partial charge < -0.3 is 0 Å². The molecule has 0 aromatic rings. The van der Waals surface area contributed by atoms with Gasteiger partial charge in [-0.05, 0) is 6.08 Å². The number of nitrogens with one attached hydrogen (secondary N) is 1. The van der Waals surface area contributed by atoms with Crippen LogP contribution in [0.5, 0.6) is 0 Å². The predicted molar refractivity (Wildman–Crippen MR) is 38.6 cm³/mol. The van der Waals surface area contributed by atoms with E-state index in [4.69, 9.17) is 0 Å². The molecule has 0 heterocycles. The number of carbonyl (C=O) groups is 3. The molecule has 0 aromatic carbocycles. The molecule has 0 bridgehead atoms. The van der Waals surface area contributed by atoms with E-state index in [2.05, 4.69) is 6.58 Å². The fourth-order valence-corrected chi connectivity index (χ4v) is 0.393. The largest absolute Gasteiger partial charge is 0.294 e. The Morgan fingerprint density at radius 3 is 2.36 bits per heavy atom. The normalized spacial score (nSPS) is 8.45. The first-order valence-electron chi connectivity index (χ1n) is 3.12. The molecule has 0 spiro atoms. The first-order chi connectivity index (χ1) is 5.11. The Balaban J connectivity index is 3.97. The predicted octanol–water partition coefficient (Wildman–Crippen LogP) is -0.206. The fourth-order valence-electron chi connectivity index (χ4n) is 0.393. The molecule has 0 unspecified atom stereocenters. The highest BCUT2D eigenvalue weighted by molar-refractivity contribution is 6.39. The van der Waals surface area contributed by atoms with Gasteiger partial charge in [0.15, 0.2) is 0 Å². The third-order valence-electron chi connectivity index (χ3n) is 0.996. The van der Waals surface area contributed by atoms with Crippen molar-refractivity contribution >= 4 is 17.6 Å². The molecule has 0 saturated heterocycles. The minimum Gasteiger partial charge on any atom is -0.289 e. The third-order valence-corrected chi connectivity index (χ3v) is 0.996. The number of hydrogen-bond acceptors (Lipinski definition) is 3. The number of carbonyl (C=O) groups excluding carboxylic acids is 3. The first-order valence-corrected chi connectivity index (χ1v) is 3.12. The van der Waals surface area contributed by atoms with Gasteiger partial charge in [0.25, 0.3) is 5.91 Å². The van der Waals surface area contributed by atoms with Crippen LogP contribution in [0.2, 0.25) is 0 Å². The van der Waals surface area contributed by atoms with Crippen LogP contribution in [0, 0.1) is 0 Å². The zero-order chi connectivity index (χ0) is 8.85. The van der Waals surface area contributed by atoms with Gasteiger partial charge in [-0.25, -0.2) is 0 Å². The molecule has 11 heavy (non-hydrogen) atoms. The van der Waals surface area contributed by atoms with Crippen molar-refractivity contribution < 1.29 is 14.4 Å². The topological polar surface area (TPSA) is 63.2 Å². The summed E-state index contributed by atoms with van der Waals surface area (Å²) in [6, 6.07) is 0. The van der Waals surface area contributed by atoms with Gasteiger partial charge in [-0.15, -0.1) is 0 Å². The van der Waals surface area contributed by atoms with Gasteiger partial charge in [0.1, 0.15) is 0 Å². The van der Waals surface area contributed by atoms with Crippen LogP contribution in [0.1, 0.15) is 13.3 Å². The van der Waals surface area contributed by atoms with Crippen LogP contribution in [0.4, 0.5) is 0 Å². The maximum atomic E-state index is 10.6. The van der Waals surface area contributed by atoms with Crippen LogP contribution in [0.3, 0.4) is 0 Å². The highest BCUT2D eigenvalue weighted by atomic mass is 16.2. The molecule has 0 fully saturated rings. The number of ketones is 1.